The third-order valence-electron chi connectivity index (χ3n) is 6.08. The number of nitrogens with zero attached hydrogens (tertiary/aromatic N) is 3. The minimum absolute atomic E-state index is 0.0222. The van der Waals surface area contributed by atoms with E-state index in [1.165, 1.54) is 11.3 Å². The van der Waals surface area contributed by atoms with Crippen LogP contribution in [0.1, 0.15) is 18.4 Å². The molecule has 0 saturated carbocycles. The Hall–Kier alpha value is -3.06. The summed E-state index contributed by atoms with van der Waals surface area (Å²) < 4.78 is 5.45. The molecule has 0 atom stereocenters. The van der Waals surface area contributed by atoms with Crippen molar-refractivity contribution in [2.45, 2.75) is 19.8 Å². The van der Waals surface area contributed by atoms with E-state index in [4.69, 9.17) is 4.74 Å². The van der Waals surface area contributed by atoms with Crippen LogP contribution >= 0.6 is 0 Å². The van der Waals surface area contributed by atoms with Crippen molar-refractivity contribution in [2.75, 3.05) is 62.2 Å². The van der Waals surface area contributed by atoms with Gasteiger partial charge in [-0.15, -0.1) is 0 Å². The molecule has 1 fully saturated rings. The second-order valence-corrected chi connectivity index (χ2v) is 8.42. The van der Waals surface area contributed by atoms with Crippen molar-refractivity contribution in [1.29, 1.82) is 0 Å². The Morgan fingerprint density at radius 2 is 1.84 bits per heavy atom. The van der Waals surface area contributed by atoms with E-state index in [0.717, 1.165) is 44.8 Å². The molecular weight excluding hydrogens is 404 g/mol. The van der Waals surface area contributed by atoms with Crippen molar-refractivity contribution in [3.63, 3.8) is 0 Å². The van der Waals surface area contributed by atoms with Crippen LogP contribution < -0.4 is 19.9 Å². The lowest BCUT2D eigenvalue weighted by Gasteiger charge is -2.36. The summed E-state index contributed by atoms with van der Waals surface area (Å²) in [6.07, 6.45) is 1.21. The largest absolute Gasteiger partial charge is 0.482 e. The molecule has 0 bridgehead atoms. The number of fused-ring (bicyclic) bond motifs is 1. The predicted octanol–water partition coefficient (Wildman–Crippen LogP) is 2.44. The number of nitrogens with one attached hydrogen (secondary N) is 1. The van der Waals surface area contributed by atoms with Crippen LogP contribution in [0.2, 0.25) is 0 Å². The van der Waals surface area contributed by atoms with Gasteiger partial charge in [0.05, 0.1) is 5.69 Å². The van der Waals surface area contributed by atoms with Crippen molar-refractivity contribution >= 4 is 23.2 Å². The van der Waals surface area contributed by atoms with Gasteiger partial charge in [0.25, 0.3) is 5.91 Å². The minimum atomic E-state index is -0.110. The number of anilines is 2. The van der Waals surface area contributed by atoms with E-state index in [9.17, 15) is 9.59 Å². The molecule has 2 aromatic rings. The van der Waals surface area contributed by atoms with Gasteiger partial charge in [-0.3, -0.25) is 14.5 Å². The van der Waals surface area contributed by atoms with Crippen LogP contribution in [-0.2, 0) is 9.59 Å². The number of benzene rings is 2. The summed E-state index contributed by atoms with van der Waals surface area (Å²) in [5, 5.41) is 3.00. The number of para-hydroxylation sites is 2. The van der Waals surface area contributed by atoms with Crippen LogP contribution in [-0.4, -0.2) is 69.1 Å². The summed E-state index contributed by atoms with van der Waals surface area (Å²) in [6.45, 7) is 8.31. The van der Waals surface area contributed by atoms with Crippen LogP contribution in [0.5, 0.6) is 5.75 Å². The van der Waals surface area contributed by atoms with Crippen LogP contribution in [0.4, 0.5) is 11.4 Å². The Balaban J connectivity index is 1.13. The fourth-order valence-corrected chi connectivity index (χ4v) is 4.29. The molecule has 0 aromatic heterocycles. The Morgan fingerprint density at radius 1 is 1.03 bits per heavy atom. The SMILES string of the molecule is Cc1cccc(N2CCN(CCCNC(=O)CCN3C(=O)COc4ccccc43)CC2)c1. The minimum Gasteiger partial charge on any atom is -0.482 e. The van der Waals surface area contributed by atoms with E-state index in [1.54, 1.807) is 4.90 Å². The Morgan fingerprint density at radius 3 is 2.66 bits per heavy atom. The molecule has 7 heteroatoms. The van der Waals surface area contributed by atoms with Crippen molar-refractivity contribution < 1.29 is 14.3 Å². The molecule has 2 aromatic carbocycles. The molecule has 0 aliphatic carbocycles. The summed E-state index contributed by atoms with van der Waals surface area (Å²) in [6, 6.07) is 16.1. The Kier molecular flexibility index (Phi) is 7.27. The van der Waals surface area contributed by atoms with E-state index in [-0.39, 0.29) is 24.8 Å². The van der Waals surface area contributed by atoms with E-state index in [2.05, 4.69) is 46.3 Å². The zero-order valence-electron chi connectivity index (χ0n) is 18.8. The number of hydrogen-bond acceptors (Lipinski definition) is 5. The predicted molar refractivity (Wildman–Crippen MR) is 126 cm³/mol. The topological polar surface area (TPSA) is 65.1 Å². The third kappa shape index (κ3) is 5.59. The van der Waals surface area contributed by atoms with Gasteiger partial charge in [-0.2, -0.15) is 0 Å². The molecule has 1 N–H and O–H groups in total. The first-order valence-electron chi connectivity index (χ1n) is 11.4. The zero-order valence-corrected chi connectivity index (χ0v) is 18.8. The van der Waals surface area contributed by atoms with Crippen LogP contribution in [0.3, 0.4) is 0 Å². The fourth-order valence-electron chi connectivity index (χ4n) is 4.29. The van der Waals surface area contributed by atoms with Gasteiger partial charge < -0.3 is 19.9 Å². The van der Waals surface area contributed by atoms with E-state index >= 15 is 0 Å². The Labute approximate surface area is 189 Å². The monoisotopic (exact) mass is 436 g/mol. The van der Waals surface area contributed by atoms with Crippen LogP contribution in [0.15, 0.2) is 48.5 Å². The summed E-state index contributed by atoms with van der Waals surface area (Å²) in [5.74, 6) is 0.558. The molecule has 32 heavy (non-hydrogen) atoms. The first-order valence-corrected chi connectivity index (χ1v) is 11.4. The zero-order chi connectivity index (χ0) is 22.3. The number of carbonyl (C=O) groups excluding carboxylic acids is 2. The van der Waals surface area contributed by atoms with E-state index in [0.29, 0.717) is 18.8 Å². The highest BCUT2D eigenvalue weighted by atomic mass is 16.5. The van der Waals surface area contributed by atoms with E-state index in [1.807, 2.05) is 24.3 Å². The highest BCUT2D eigenvalue weighted by molar-refractivity contribution is 5.98. The molecule has 2 amide bonds. The number of hydrogen-bond donors (Lipinski definition) is 1. The summed E-state index contributed by atoms with van der Waals surface area (Å²) in [7, 11) is 0. The van der Waals surface area contributed by atoms with Gasteiger partial charge in [0.2, 0.25) is 5.91 Å². The lowest BCUT2D eigenvalue weighted by molar-refractivity contribution is -0.122. The molecule has 2 heterocycles. The Bertz CT molecular complexity index is 940. The van der Waals surface area contributed by atoms with Crippen molar-refractivity contribution in [2.24, 2.45) is 0 Å². The third-order valence-corrected chi connectivity index (χ3v) is 6.08. The number of rotatable bonds is 8. The van der Waals surface area contributed by atoms with Crippen LogP contribution in [0.25, 0.3) is 0 Å². The van der Waals surface area contributed by atoms with Gasteiger partial charge in [0.1, 0.15) is 5.75 Å². The molecule has 2 aliphatic rings. The second kappa shape index (κ2) is 10.5. The quantitative estimate of drug-likeness (QED) is 0.644. The van der Waals surface area contributed by atoms with Gasteiger partial charge in [-0.1, -0.05) is 24.3 Å². The highest BCUT2D eigenvalue weighted by Crippen LogP contribution is 2.31. The average Bonchev–Trinajstić information content (AvgIpc) is 2.81. The second-order valence-electron chi connectivity index (χ2n) is 8.42. The molecule has 0 spiro atoms. The average molecular weight is 437 g/mol. The molecule has 1 saturated heterocycles. The molecule has 0 radical (unpaired) electrons. The van der Waals surface area contributed by atoms with Gasteiger partial charge in [0, 0.05) is 51.4 Å². The first kappa shape index (κ1) is 22.1. The maximum Gasteiger partial charge on any atom is 0.265 e. The lowest BCUT2D eigenvalue weighted by atomic mass is 10.2. The fraction of sp³-hybridized carbons (Fsp3) is 0.440. The van der Waals surface area contributed by atoms with E-state index < -0.39 is 0 Å². The number of piperazine rings is 1. The van der Waals surface area contributed by atoms with Crippen molar-refractivity contribution in [3.8, 4) is 5.75 Å². The molecule has 2 aliphatic heterocycles. The highest BCUT2D eigenvalue weighted by Gasteiger charge is 2.25. The number of carbonyl (C=O) groups is 2. The van der Waals surface area contributed by atoms with Gasteiger partial charge in [-0.25, -0.2) is 0 Å². The summed E-state index contributed by atoms with van der Waals surface area (Å²) >= 11 is 0. The number of ether oxygens (including phenoxy) is 1. The van der Waals surface area contributed by atoms with Gasteiger partial charge in [0.15, 0.2) is 6.61 Å². The molecule has 0 unspecified atom stereocenters. The normalized spacial score (nSPS) is 16.5. The molecule has 4 rings (SSSR count). The van der Waals surface area contributed by atoms with Crippen LogP contribution in [0, 0.1) is 6.92 Å². The lowest BCUT2D eigenvalue weighted by Crippen LogP contribution is -2.47. The summed E-state index contributed by atoms with van der Waals surface area (Å²) in [5.41, 5.74) is 3.34. The van der Waals surface area contributed by atoms with Gasteiger partial charge in [-0.05, 0) is 49.7 Å². The van der Waals surface area contributed by atoms with Crippen molar-refractivity contribution in [1.82, 2.24) is 10.2 Å². The molecular formula is C25H32N4O3. The maximum atomic E-state index is 12.3. The summed E-state index contributed by atoms with van der Waals surface area (Å²) in [4.78, 5) is 31.0. The molecule has 7 nitrogen and oxygen atoms in total. The van der Waals surface area contributed by atoms with Crippen molar-refractivity contribution in [3.05, 3.63) is 54.1 Å². The smallest absolute Gasteiger partial charge is 0.265 e. The number of amides is 2. The first-order chi connectivity index (χ1) is 15.6. The molecule has 170 valence electrons. The van der Waals surface area contributed by atoms with Gasteiger partial charge >= 0.3 is 0 Å². The maximum absolute atomic E-state index is 12.3. The number of aryl methyl sites for hydroxylation is 1. The standard InChI is InChI=1S/C25H32N4O3/c1-20-6-4-7-21(18-20)28-16-14-27(15-17-28)12-5-11-26-24(30)10-13-29-22-8-2-3-9-23(22)32-19-25(29)31/h2-4,6-9,18H,5,10-17,19H2,1H3,(H,26,30).